The highest BCUT2D eigenvalue weighted by Gasteiger charge is 2.05. The molecule has 0 aliphatic carbocycles. The number of nitrogens with zero attached hydrogens (tertiary/aromatic N) is 1. The highest BCUT2D eigenvalue weighted by molar-refractivity contribution is 6.36. The number of halogens is 2. The first kappa shape index (κ1) is 14.7. The molecule has 0 atom stereocenters. The minimum Gasteiger partial charge on any atom is -0.506 e. The fraction of sp³-hybridized carbons (Fsp3) is 0.231. The highest BCUT2D eigenvalue weighted by atomic mass is 35.5. The van der Waals surface area contributed by atoms with E-state index in [1.165, 1.54) is 12.3 Å². The molecule has 106 valence electrons. The number of aliphatic imine (C=N–C) groups is 1. The maximum atomic E-state index is 11.2. The van der Waals surface area contributed by atoms with Gasteiger partial charge in [0.05, 0.1) is 5.02 Å². The molecule has 0 saturated heterocycles. The van der Waals surface area contributed by atoms with Crippen molar-refractivity contribution in [1.82, 2.24) is 10.2 Å². The molecule has 7 heteroatoms. The minimum absolute atomic E-state index is 0.0399. The Morgan fingerprint density at radius 2 is 2.15 bits per heavy atom. The number of aryl methyl sites for hydroxylation is 1. The molecule has 0 aliphatic rings. The maximum Gasteiger partial charge on any atom is 0.267 e. The van der Waals surface area contributed by atoms with E-state index in [-0.39, 0.29) is 16.3 Å². The van der Waals surface area contributed by atoms with Gasteiger partial charge in [-0.3, -0.25) is 14.9 Å². The lowest BCUT2D eigenvalue weighted by Gasteiger charge is -2.02. The zero-order chi connectivity index (χ0) is 14.5. The summed E-state index contributed by atoms with van der Waals surface area (Å²) in [5.41, 5.74) is 1.07. The van der Waals surface area contributed by atoms with Crippen LogP contribution < -0.4 is 5.56 Å². The van der Waals surface area contributed by atoms with E-state index in [1.54, 1.807) is 12.3 Å². The number of hydrogen-bond acceptors (Lipinski definition) is 3. The van der Waals surface area contributed by atoms with E-state index >= 15 is 0 Å². The number of phenolic OH excluding ortho intramolecular Hbond substituents is 1. The van der Waals surface area contributed by atoms with Crippen molar-refractivity contribution < 1.29 is 5.11 Å². The standard InChI is InChI=1S/C13H13Cl2N3O2/c14-10-4-9(12(19)11(15)5-10)6-16-3-1-2-8-7-17-18-13(8)20/h4-7,19H,1-3H2,(H2,17,18,20). The lowest BCUT2D eigenvalue weighted by atomic mass is 10.2. The van der Waals surface area contributed by atoms with Crippen molar-refractivity contribution in [2.24, 2.45) is 4.99 Å². The van der Waals surface area contributed by atoms with Gasteiger partial charge < -0.3 is 10.2 Å². The number of H-pyrrole nitrogens is 2. The average Bonchev–Trinajstić information content (AvgIpc) is 2.80. The molecular weight excluding hydrogens is 301 g/mol. The Morgan fingerprint density at radius 3 is 2.85 bits per heavy atom. The highest BCUT2D eigenvalue weighted by Crippen LogP contribution is 2.29. The van der Waals surface area contributed by atoms with E-state index in [1.807, 2.05) is 0 Å². The molecule has 0 fully saturated rings. The van der Waals surface area contributed by atoms with Gasteiger partial charge in [0.15, 0.2) is 0 Å². The molecule has 5 nitrogen and oxygen atoms in total. The Labute approximate surface area is 125 Å². The number of phenols is 1. The second kappa shape index (κ2) is 6.63. The summed E-state index contributed by atoms with van der Waals surface area (Å²) in [6, 6.07) is 3.05. The first-order valence-electron chi connectivity index (χ1n) is 6.00. The van der Waals surface area contributed by atoms with Crippen LogP contribution in [0.1, 0.15) is 17.5 Å². The van der Waals surface area contributed by atoms with Crippen molar-refractivity contribution in [1.29, 1.82) is 0 Å². The summed E-state index contributed by atoms with van der Waals surface area (Å²) < 4.78 is 0. The molecular formula is C13H13Cl2N3O2. The number of hydrogen-bond donors (Lipinski definition) is 3. The van der Waals surface area contributed by atoms with Gasteiger partial charge in [-0.1, -0.05) is 23.2 Å². The third-order valence-electron chi connectivity index (χ3n) is 2.75. The van der Waals surface area contributed by atoms with Crippen LogP contribution in [0, 0.1) is 0 Å². The summed E-state index contributed by atoms with van der Waals surface area (Å²) in [6.07, 6.45) is 4.54. The third kappa shape index (κ3) is 3.65. The predicted octanol–water partition coefficient (Wildman–Crippen LogP) is 2.77. The van der Waals surface area contributed by atoms with Crippen molar-refractivity contribution in [2.45, 2.75) is 12.8 Å². The topological polar surface area (TPSA) is 81.2 Å². The van der Waals surface area contributed by atoms with E-state index in [0.29, 0.717) is 29.1 Å². The lowest BCUT2D eigenvalue weighted by molar-refractivity contribution is 0.474. The van der Waals surface area contributed by atoms with Gasteiger partial charge in [0, 0.05) is 35.1 Å². The molecule has 0 unspecified atom stereocenters. The molecule has 0 bridgehead atoms. The van der Waals surface area contributed by atoms with Crippen molar-refractivity contribution in [2.75, 3.05) is 6.54 Å². The van der Waals surface area contributed by atoms with Gasteiger partial charge in [0.25, 0.3) is 5.56 Å². The van der Waals surface area contributed by atoms with E-state index < -0.39 is 0 Å². The number of aromatic nitrogens is 2. The van der Waals surface area contributed by atoms with Crippen molar-refractivity contribution in [3.63, 3.8) is 0 Å². The lowest BCUT2D eigenvalue weighted by Crippen LogP contribution is -2.05. The van der Waals surface area contributed by atoms with Crippen molar-refractivity contribution in [3.05, 3.63) is 49.9 Å². The first-order chi connectivity index (χ1) is 9.58. The van der Waals surface area contributed by atoms with Crippen molar-refractivity contribution >= 4 is 29.4 Å². The smallest absolute Gasteiger partial charge is 0.267 e. The number of rotatable bonds is 5. The summed E-state index contributed by atoms with van der Waals surface area (Å²) in [7, 11) is 0. The molecule has 2 rings (SSSR count). The molecule has 0 aliphatic heterocycles. The Morgan fingerprint density at radius 1 is 1.35 bits per heavy atom. The van der Waals surface area contributed by atoms with Crippen LogP contribution in [0.15, 0.2) is 28.1 Å². The van der Waals surface area contributed by atoms with E-state index in [2.05, 4.69) is 15.2 Å². The van der Waals surface area contributed by atoms with E-state index in [4.69, 9.17) is 23.2 Å². The van der Waals surface area contributed by atoms with Crippen LogP contribution in [0.3, 0.4) is 0 Å². The van der Waals surface area contributed by atoms with Crippen LogP contribution in [-0.4, -0.2) is 28.1 Å². The summed E-state index contributed by atoms with van der Waals surface area (Å²) in [6.45, 7) is 0.536. The summed E-state index contributed by atoms with van der Waals surface area (Å²) in [5.74, 6) is -0.0399. The Kier molecular flexibility index (Phi) is 4.87. The Bertz CT molecular complexity index is 676. The summed E-state index contributed by atoms with van der Waals surface area (Å²) in [5, 5.41) is 15.5. The number of benzene rings is 1. The molecule has 3 N–H and O–H groups in total. The Hall–Kier alpha value is -1.72. The van der Waals surface area contributed by atoms with Crippen LogP contribution >= 0.6 is 23.2 Å². The zero-order valence-corrected chi connectivity index (χ0v) is 12.0. The molecule has 2 aromatic rings. The largest absolute Gasteiger partial charge is 0.506 e. The summed E-state index contributed by atoms with van der Waals surface area (Å²) >= 11 is 11.7. The van der Waals surface area contributed by atoms with E-state index in [0.717, 1.165) is 6.42 Å². The fourth-order valence-electron chi connectivity index (χ4n) is 1.73. The molecule has 0 radical (unpaired) electrons. The molecule has 1 aromatic carbocycles. The van der Waals surface area contributed by atoms with Gasteiger partial charge in [-0.2, -0.15) is 0 Å². The van der Waals surface area contributed by atoms with Crippen molar-refractivity contribution in [3.8, 4) is 5.75 Å². The first-order valence-corrected chi connectivity index (χ1v) is 6.76. The molecule has 0 spiro atoms. The van der Waals surface area contributed by atoms with Crippen LogP contribution in [-0.2, 0) is 6.42 Å². The Balaban J connectivity index is 1.91. The van der Waals surface area contributed by atoms with Crippen LogP contribution in [0.25, 0.3) is 0 Å². The molecule has 20 heavy (non-hydrogen) atoms. The quantitative estimate of drug-likeness (QED) is 0.586. The second-order valence-corrected chi connectivity index (χ2v) is 5.08. The van der Waals surface area contributed by atoms with Gasteiger partial charge in [-0.05, 0) is 25.0 Å². The third-order valence-corrected chi connectivity index (χ3v) is 3.25. The van der Waals surface area contributed by atoms with Gasteiger partial charge in [0.1, 0.15) is 5.75 Å². The van der Waals surface area contributed by atoms with Gasteiger partial charge >= 0.3 is 0 Å². The van der Waals surface area contributed by atoms with Crippen LogP contribution in [0.5, 0.6) is 5.75 Å². The molecule has 0 saturated carbocycles. The second-order valence-electron chi connectivity index (χ2n) is 4.23. The SMILES string of the molecule is O=c1[nH][nH]cc1CCCN=Cc1cc(Cl)cc(Cl)c1O. The molecule has 1 heterocycles. The van der Waals surface area contributed by atoms with Gasteiger partial charge in [-0.15, -0.1) is 0 Å². The van der Waals surface area contributed by atoms with Crippen LogP contribution in [0.2, 0.25) is 10.0 Å². The zero-order valence-electron chi connectivity index (χ0n) is 10.5. The minimum atomic E-state index is -0.103. The van der Waals surface area contributed by atoms with Gasteiger partial charge in [-0.25, -0.2) is 0 Å². The fourth-order valence-corrected chi connectivity index (χ4v) is 2.24. The van der Waals surface area contributed by atoms with Crippen LogP contribution in [0.4, 0.5) is 0 Å². The summed E-state index contributed by atoms with van der Waals surface area (Å²) in [4.78, 5) is 15.4. The number of aromatic hydroxyl groups is 1. The normalized spacial score (nSPS) is 11.3. The maximum absolute atomic E-state index is 11.2. The number of nitrogens with one attached hydrogen (secondary N) is 2. The average molecular weight is 314 g/mol. The molecule has 0 amide bonds. The van der Waals surface area contributed by atoms with Gasteiger partial charge in [0.2, 0.25) is 0 Å². The monoisotopic (exact) mass is 313 g/mol. The predicted molar refractivity (Wildman–Crippen MR) is 80.3 cm³/mol. The molecule has 1 aromatic heterocycles. The number of aromatic amines is 2. The van der Waals surface area contributed by atoms with E-state index in [9.17, 15) is 9.90 Å².